The summed E-state index contributed by atoms with van der Waals surface area (Å²) in [5.41, 5.74) is 0.836. The standard InChI is InChI=1S/C14H18ClNO2/c1-10-12(8-9-18-10)16(2)14(17)13(15)11-6-4-3-5-7-11/h3-7,10,12-13H,8-9H2,1-2H3. The van der Waals surface area contributed by atoms with Gasteiger partial charge in [0.25, 0.3) is 0 Å². The molecule has 1 aliphatic rings. The smallest absolute Gasteiger partial charge is 0.245 e. The van der Waals surface area contributed by atoms with E-state index < -0.39 is 5.38 Å². The van der Waals surface area contributed by atoms with Gasteiger partial charge in [0.2, 0.25) is 5.91 Å². The van der Waals surface area contributed by atoms with Crippen LogP contribution < -0.4 is 0 Å². The summed E-state index contributed by atoms with van der Waals surface area (Å²) < 4.78 is 5.49. The van der Waals surface area contributed by atoms with Crippen molar-refractivity contribution in [3.8, 4) is 0 Å². The molecule has 1 amide bonds. The molecule has 0 aromatic heterocycles. The van der Waals surface area contributed by atoms with Crippen molar-refractivity contribution >= 4 is 17.5 Å². The topological polar surface area (TPSA) is 29.5 Å². The highest BCUT2D eigenvalue weighted by atomic mass is 35.5. The van der Waals surface area contributed by atoms with Gasteiger partial charge >= 0.3 is 0 Å². The van der Waals surface area contributed by atoms with Crippen LogP contribution in [0.15, 0.2) is 30.3 Å². The zero-order valence-electron chi connectivity index (χ0n) is 10.7. The zero-order valence-corrected chi connectivity index (χ0v) is 11.4. The maximum atomic E-state index is 12.3. The molecule has 0 N–H and O–H groups in total. The number of nitrogens with zero attached hydrogens (tertiary/aromatic N) is 1. The number of benzene rings is 1. The molecule has 1 saturated heterocycles. The number of carbonyl (C=O) groups excluding carboxylic acids is 1. The maximum absolute atomic E-state index is 12.3. The number of hydrogen-bond donors (Lipinski definition) is 0. The Morgan fingerprint density at radius 3 is 2.67 bits per heavy atom. The second kappa shape index (κ2) is 5.72. The number of amides is 1. The molecule has 1 fully saturated rings. The Hall–Kier alpha value is -1.06. The minimum absolute atomic E-state index is 0.0646. The molecule has 0 bridgehead atoms. The molecule has 1 aromatic carbocycles. The van der Waals surface area contributed by atoms with Crippen LogP contribution in [-0.2, 0) is 9.53 Å². The first-order chi connectivity index (χ1) is 8.61. The van der Waals surface area contributed by atoms with Crippen LogP contribution in [0.4, 0.5) is 0 Å². The van der Waals surface area contributed by atoms with Crippen molar-refractivity contribution in [2.75, 3.05) is 13.7 Å². The predicted molar refractivity (Wildman–Crippen MR) is 71.6 cm³/mol. The molecule has 4 heteroatoms. The van der Waals surface area contributed by atoms with Gasteiger partial charge in [0.15, 0.2) is 0 Å². The lowest BCUT2D eigenvalue weighted by atomic mass is 10.1. The highest BCUT2D eigenvalue weighted by Gasteiger charge is 2.33. The van der Waals surface area contributed by atoms with Crippen molar-refractivity contribution in [1.29, 1.82) is 0 Å². The average Bonchev–Trinajstić information content (AvgIpc) is 2.83. The van der Waals surface area contributed by atoms with Crippen molar-refractivity contribution in [2.24, 2.45) is 0 Å². The van der Waals surface area contributed by atoms with E-state index in [0.29, 0.717) is 6.61 Å². The Balaban J connectivity index is 2.07. The van der Waals surface area contributed by atoms with Crippen molar-refractivity contribution in [1.82, 2.24) is 4.90 Å². The molecule has 18 heavy (non-hydrogen) atoms. The number of likely N-dealkylation sites (N-methyl/N-ethyl adjacent to an activating group) is 1. The Morgan fingerprint density at radius 1 is 1.44 bits per heavy atom. The highest BCUT2D eigenvalue weighted by molar-refractivity contribution is 6.30. The molecule has 0 aliphatic carbocycles. The van der Waals surface area contributed by atoms with Crippen molar-refractivity contribution in [3.05, 3.63) is 35.9 Å². The van der Waals surface area contributed by atoms with Crippen molar-refractivity contribution in [3.63, 3.8) is 0 Å². The third-order valence-electron chi connectivity index (χ3n) is 3.49. The number of hydrogen-bond acceptors (Lipinski definition) is 2. The first kappa shape index (κ1) is 13.4. The summed E-state index contributed by atoms with van der Waals surface area (Å²) in [6.07, 6.45) is 0.959. The van der Waals surface area contributed by atoms with Gasteiger partial charge in [-0.05, 0) is 18.9 Å². The Kier molecular flexibility index (Phi) is 4.25. The Morgan fingerprint density at radius 2 is 2.11 bits per heavy atom. The summed E-state index contributed by atoms with van der Waals surface area (Å²) in [6.45, 7) is 2.70. The van der Waals surface area contributed by atoms with E-state index in [1.54, 1.807) is 11.9 Å². The van der Waals surface area contributed by atoms with Crippen LogP contribution in [0, 0.1) is 0 Å². The molecule has 2 rings (SSSR count). The van der Waals surface area contributed by atoms with E-state index in [2.05, 4.69) is 0 Å². The van der Waals surface area contributed by atoms with Crippen LogP contribution in [0.1, 0.15) is 24.3 Å². The molecule has 3 nitrogen and oxygen atoms in total. The molecule has 3 atom stereocenters. The summed E-state index contributed by atoms with van der Waals surface area (Å²) in [5, 5.41) is -0.621. The molecule has 1 heterocycles. The van der Waals surface area contributed by atoms with Gasteiger partial charge < -0.3 is 9.64 Å². The average molecular weight is 268 g/mol. The van der Waals surface area contributed by atoms with Gasteiger partial charge in [-0.3, -0.25) is 4.79 Å². The summed E-state index contributed by atoms with van der Waals surface area (Å²) in [7, 11) is 1.80. The normalized spacial score (nSPS) is 24.8. The number of carbonyl (C=O) groups is 1. The van der Waals surface area contributed by atoms with Crippen LogP contribution in [0.25, 0.3) is 0 Å². The van der Waals surface area contributed by atoms with Gasteiger partial charge in [-0.25, -0.2) is 0 Å². The third kappa shape index (κ3) is 2.68. The molecule has 98 valence electrons. The Bertz CT molecular complexity index is 410. The minimum atomic E-state index is -0.621. The fraction of sp³-hybridized carbons (Fsp3) is 0.500. The molecule has 0 radical (unpaired) electrons. The van der Waals surface area contributed by atoms with E-state index >= 15 is 0 Å². The number of alkyl halides is 1. The molecule has 3 unspecified atom stereocenters. The monoisotopic (exact) mass is 267 g/mol. The Labute approximate surface area is 113 Å². The van der Waals surface area contributed by atoms with E-state index in [1.807, 2.05) is 37.3 Å². The summed E-state index contributed by atoms with van der Waals surface area (Å²) in [6, 6.07) is 9.56. The van der Waals surface area contributed by atoms with Gasteiger partial charge in [0.1, 0.15) is 5.38 Å². The lowest BCUT2D eigenvalue weighted by Gasteiger charge is -2.28. The van der Waals surface area contributed by atoms with Crippen LogP contribution >= 0.6 is 11.6 Å². The van der Waals surface area contributed by atoms with Gasteiger partial charge in [0.05, 0.1) is 12.1 Å². The fourth-order valence-corrected chi connectivity index (χ4v) is 2.64. The number of halogens is 1. The second-order valence-electron chi connectivity index (χ2n) is 4.65. The summed E-state index contributed by atoms with van der Waals surface area (Å²) in [5.74, 6) is -0.0646. The lowest BCUT2D eigenvalue weighted by molar-refractivity contribution is -0.132. The van der Waals surface area contributed by atoms with E-state index in [4.69, 9.17) is 16.3 Å². The quantitative estimate of drug-likeness (QED) is 0.788. The van der Waals surface area contributed by atoms with Crippen LogP contribution in [-0.4, -0.2) is 36.6 Å². The SMILES string of the molecule is CC1OCCC1N(C)C(=O)C(Cl)c1ccccc1. The molecular formula is C14H18ClNO2. The summed E-state index contributed by atoms with van der Waals surface area (Å²) in [4.78, 5) is 14.0. The van der Waals surface area contributed by atoms with Crippen LogP contribution in [0.3, 0.4) is 0 Å². The van der Waals surface area contributed by atoms with Crippen molar-refractivity contribution in [2.45, 2.75) is 30.9 Å². The fourth-order valence-electron chi connectivity index (χ4n) is 2.34. The largest absolute Gasteiger partial charge is 0.376 e. The number of ether oxygens (including phenoxy) is 1. The van der Waals surface area contributed by atoms with Gasteiger partial charge in [-0.15, -0.1) is 11.6 Å². The molecule has 0 saturated carbocycles. The maximum Gasteiger partial charge on any atom is 0.245 e. The van der Waals surface area contributed by atoms with Gasteiger partial charge in [0, 0.05) is 13.7 Å². The first-order valence-corrected chi connectivity index (χ1v) is 6.62. The van der Waals surface area contributed by atoms with E-state index in [-0.39, 0.29) is 18.1 Å². The summed E-state index contributed by atoms with van der Waals surface area (Å²) >= 11 is 6.25. The van der Waals surface area contributed by atoms with E-state index in [1.165, 1.54) is 0 Å². The first-order valence-electron chi connectivity index (χ1n) is 6.18. The van der Waals surface area contributed by atoms with Crippen LogP contribution in [0.5, 0.6) is 0 Å². The zero-order chi connectivity index (χ0) is 13.1. The lowest BCUT2D eigenvalue weighted by Crippen LogP contribution is -2.42. The molecule has 0 spiro atoms. The number of rotatable bonds is 3. The van der Waals surface area contributed by atoms with E-state index in [0.717, 1.165) is 12.0 Å². The predicted octanol–water partition coefficient (Wildman–Crippen LogP) is 2.60. The van der Waals surface area contributed by atoms with E-state index in [9.17, 15) is 4.79 Å². The van der Waals surface area contributed by atoms with Crippen LogP contribution in [0.2, 0.25) is 0 Å². The molecule has 1 aromatic rings. The minimum Gasteiger partial charge on any atom is -0.376 e. The second-order valence-corrected chi connectivity index (χ2v) is 5.09. The van der Waals surface area contributed by atoms with Gasteiger partial charge in [-0.1, -0.05) is 30.3 Å². The molecule has 1 aliphatic heterocycles. The molecular weight excluding hydrogens is 250 g/mol. The third-order valence-corrected chi connectivity index (χ3v) is 3.93. The van der Waals surface area contributed by atoms with Crippen molar-refractivity contribution < 1.29 is 9.53 Å². The highest BCUT2D eigenvalue weighted by Crippen LogP contribution is 2.26. The van der Waals surface area contributed by atoms with Gasteiger partial charge in [-0.2, -0.15) is 0 Å².